The van der Waals surface area contributed by atoms with E-state index < -0.39 is 11.7 Å². The van der Waals surface area contributed by atoms with E-state index >= 15 is 0 Å². The van der Waals surface area contributed by atoms with Crippen LogP contribution in [0.15, 0.2) is 53.5 Å². The van der Waals surface area contributed by atoms with Crippen LogP contribution in [0, 0.1) is 0 Å². The number of ether oxygens (including phenoxy) is 1. The van der Waals surface area contributed by atoms with Crippen LogP contribution in [0.2, 0.25) is 15.1 Å². The topological polar surface area (TPSA) is 76.4 Å². The average molecular weight is 441 g/mol. The van der Waals surface area contributed by atoms with Crippen LogP contribution in [-0.2, 0) is 0 Å². The Bertz CT molecular complexity index is 1040. The van der Waals surface area contributed by atoms with Gasteiger partial charge in [-0.3, -0.25) is 4.79 Å². The number of halogens is 3. The molecule has 28 heavy (non-hydrogen) atoms. The molecule has 1 atom stereocenters. The van der Waals surface area contributed by atoms with Crippen molar-refractivity contribution in [2.24, 2.45) is 0 Å². The second kappa shape index (κ2) is 8.84. The number of methoxy groups -OCH3 is 1. The number of benzene rings is 2. The number of aliphatic hydroxyl groups is 1. The molecule has 1 aromatic heterocycles. The summed E-state index contributed by atoms with van der Waals surface area (Å²) in [6.45, 7) is 0.246. The number of hydrogen-bond donors (Lipinski definition) is 2. The smallest absolute Gasteiger partial charge is 0.291 e. The molecule has 2 N–H and O–H groups in total. The summed E-state index contributed by atoms with van der Waals surface area (Å²) in [5.41, 5.74) is 1.24. The van der Waals surface area contributed by atoms with Crippen molar-refractivity contribution in [1.82, 2.24) is 9.78 Å². The van der Waals surface area contributed by atoms with E-state index in [9.17, 15) is 9.90 Å². The second-order valence-corrected chi connectivity index (χ2v) is 7.05. The van der Waals surface area contributed by atoms with Crippen molar-refractivity contribution in [1.29, 1.82) is 0 Å². The lowest BCUT2D eigenvalue weighted by Crippen LogP contribution is -2.21. The molecule has 0 bridgehead atoms. The third-order valence-electron chi connectivity index (χ3n) is 4.06. The van der Waals surface area contributed by atoms with E-state index in [0.717, 1.165) is 10.2 Å². The lowest BCUT2D eigenvalue weighted by molar-refractivity contribution is 0.191. The molecule has 0 spiro atoms. The Hall–Kier alpha value is -2.25. The summed E-state index contributed by atoms with van der Waals surface area (Å²) in [5.74, 6) is 0.716. The Morgan fingerprint density at radius 1 is 1.14 bits per heavy atom. The molecule has 0 fully saturated rings. The fraction of sp³-hybridized carbons (Fsp3) is 0.158. The van der Waals surface area contributed by atoms with Gasteiger partial charge in [0.05, 0.1) is 40.8 Å². The molecule has 6 nitrogen and oxygen atoms in total. The first-order chi connectivity index (χ1) is 13.4. The van der Waals surface area contributed by atoms with Gasteiger partial charge in [0.25, 0.3) is 5.56 Å². The SMILES string of the molecule is COc1ccc(C(O)CNc2ccc(-n3ncc(Cl)c(Cl)c3=O)cc2Cl)cc1. The molecule has 2 aromatic carbocycles. The summed E-state index contributed by atoms with van der Waals surface area (Å²) in [4.78, 5) is 12.2. The number of rotatable bonds is 6. The monoisotopic (exact) mass is 439 g/mol. The van der Waals surface area contributed by atoms with Gasteiger partial charge in [0.1, 0.15) is 10.8 Å². The molecule has 9 heteroatoms. The first-order valence-corrected chi connectivity index (χ1v) is 9.33. The maximum atomic E-state index is 12.2. The standard InChI is InChI=1S/C19H16Cl3N3O3/c1-28-13-5-2-11(3-6-13)17(26)10-23-16-7-4-12(8-14(16)20)25-19(27)18(22)15(21)9-24-25/h2-9,17,23,26H,10H2,1H3. The second-order valence-electron chi connectivity index (χ2n) is 5.86. The maximum Gasteiger partial charge on any atom is 0.291 e. The number of aliphatic hydroxyl groups excluding tert-OH is 1. The molecular formula is C19H16Cl3N3O3. The lowest BCUT2D eigenvalue weighted by atomic mass is 10.1. The molecule has 0 aliphatic carbocycles. The van der Waals surface area contributed by atoms with Crippen LogP contribution in [0.3, 0.4) is 0 Å². The predicted octanol–water partition coefficient (Wildman–Crippen LogP) is 4.35. The molecule has 1 unspecified atom stereocenters. The molecule has 0 saturated heterocycles. The Balaban J connectivity index is 1.74. The van der Waals surface area contributed by atoms with Crippen molar-refractivity contribution < 1.29 is 9.84 Å². The molecule has 146 valence electrons. The van der Waals surface area contributed by atoms with Crippen LogP contribution < -0.4 is 15.6 Å². The quantitative estimate of drug-likeness (QED) is 0.596. The molecule has 0 radical (unpaired) electrons. The third-order valence-corrected chi connectivity index (χ3v) is 5.12. The van der Waals surface area contributed by atoms with Gasteiger partial charge in [0.15, 0.2) is 0 Å². The zero-order valence-electron chi connectivity index (χ0n) is 14.7. The van der Waals surface area contributed by atoms with E-state index in [-0.39, 0.29) is 16.6 Å². The first-order valence-electron chi connectivity index (χ1n) is 8.20. The maximum absolute atomic E-state index is 12.2. The van der Waals surface area contributed by atoms with E-state index in [4.69, 9.17) is 39.5 Å². The molecule has 0 aliphatic heterocycles. The van der Waals surface area contributed by atoms with E-state index in [0.29, 0.717) is 22.1 Å². The summed E-state index contributed by atoms with van der Waals surface area (Å²) in [5, 5.41) is 17.7. The summed E-state index contributed by atoms with van der Waals surface area (Å²) in [7, 11) is 1.58. The van der Waals surface area contributed by atoms with Crippen LogP contribution in [0.25, 0.3) is 5.69 Å². The fourth-order valence-electron chi connectivity index (χ4n) is 2.53. The van der Waals surface area contributed by atoms with Gasteiger partial charge in [-0.05, 0) is 35.9 Å². The highest BCUT2D eigenvalue weighted by Crippen LogP contribution is 2.26. The Kier molecular flexibility index (Phi) is 6.46. The van der Waals surface area contributed by atoms with Crippen molar-refractivity contribution in [3.05, 3.63) is 79.6 Å². The van der Waals surface area contributed by atoms with Crippen molar-refractivity contribution in [3.63, 3.8) is 0 Å². The predicted molar refractivity (Wildman–Crippen MR) is 111 cm³/mol. The molecule has 3 rings (SSSR count). The number of nitrogens with zero attached hydrogens (tertiary/aromatic N) is 2. The molecule has 1 heterocycles. The van der Waals surface area contributed by atoms with Crippen LogP contribution in [0.1, 0.15) is 11.7 Å². The lowest BCUT2D eigenvalue weighted by Gasteiger charge is -2.15. The van der Waals surface area contributed by atoms with Crippen molar-refractivity contribution in [2.75, 3.05) is 19.0 Å². The van der Waals surface area contributed by atoms with Gasteiger partial charge in [-0.25, -0.2) is 0 Å². The summed E-state index contributed by atoms with van der Waals surface area (Å²) < 4.78 is 6.21. The van der Waals surface area contributed by atoms with Gasteiger partial charge >= 0.3 is 0 Å². The van der Waals surface area contributed by atoms with Gasteiger partial charge in [0.2, 0.25) is 0 Å². The minimum Gasteiger partial charge on any atom is -0.497 e. The highest BCUT2D eigenvalue weighted by atomic mass is 35.5. The minimum absolute atomic E-state index is 0.0832. The Labute approximate surface area is 176 Å². The molecule has 0 aliphatic rings. The summed E-state index contributed by atoms with van der Waals surface area (Å²) in [6.07, 6.45) is 0.553. The summed E-state index contributed by atoms with van der Waals surface area (Å²) >= 11 is 18.0. The van der Waals surface area contributed by atoms with Gasteiger partial charge < -0.3 is 15.2 Å². The Morgan fingerprint density at radius 3 is 2.50 bits per heavy atom. The molecule has 0 saturated carbocycles. The zero-order chi connectivity index (χ0) is 20.3. The van der Waals surface area contributed by atoms with E-state index in [2.05, 4.69) is 10.4 Å². The molecule has 0 amide bonds. The number of hydrogen-bond acceptors (Lipinski definition) is 5. The molecule has 3 aromatic rings. The average Bonchev–Trinajstić information content (AvgIpc) is 2.71. The number of aromatic nitrogens is 2. The van der Waals surface area contributed by atoms with Gasteiger partial charge in [-0.15, -0.1) is 0 Å². The van der Waals surface area contributed by atoms with Crippen molar-refractivity contribution >= 4 is 40.5 Å². The fourth-order valence-corrected chi connectivity index (χ4v) is 3.02. The Morgan fingerprint density at radius 2 is 1.86 bits per heavy atom. The van der Waals surface area contributed by atoms with Crippen LogP contribution in [0.4, 0.5) is 5.69 Å². The van der Waals surface area contributed by atoms with E-state index in [1.54, 1.807) is 49.6 Å². The van der Waals surface area contributed by atoms with Crippen LogP contribution in [0.5, 0.6) is 5.75 Å². The number of nitrogens with one attached hydrogen (secondary N) is 1. The van der Waals surface area contributed by atoms with Gasteiger partial charge in [-0.1, -0.05) is 46.9 Å². The highest BCUT2D eigenvalue weighted by Gasteiger charge is 2.12. The van der Waals surface area contributed by atoms with Crippen molar-refractivity contribution in [2.45, 2.75) is 6.10 Å². The first kappa shape index (κ1) is 20.5. The zero-order valence-corrected chi connectivity index (χ0v) is 17.0. The van der Waals surface area contributed by atoms with Gasteiger partial charge in [-0.2, -0.15) is 9.78 Å². The molecular weight excluding hydrogens is 425 g/mol. The third kappa shape index (κ3) is 4.42. The number of anilines is 1. The highest BCUT2D eigenvalue weighted by molar-refractivity contribution is 6.41. The van der Waals surface area contributed by atoms with Gasteiger partial charge in [0, 0.05) is 6.54 Å². The normalized spacial score (nSPS) is 11.9. The largest absolute Gasteiger partial charge is 0.497 e. The summed E-state index contributed by atoms with van der Waals surface area (Å²) in [6, 6.07) is 12.1. The van der Waals surface area contributed by atoms with Crippen LogP contribution in [-0.4, -0.2) is 28.5 Å². The van der Waals surface area contributed by atoms with Crippen LogP contribution >= 0.6 is 34.8 Å². The van der Waals surface area contributed by atoms with E-state index in [1.165, 1.54) is 6.20 Å². The minimum atomic E-state index is -0.735. The van der Waals surface area contributed by atoms with E-state index in [1.807, 2.05) is 0 Å². The van der Waals surface area contributed by atoms with Crippen molar-refractivity contribution in [3.8, 4) is 11.4 Å².